The molecule has 3 heterocycles. The Labute approximate surface area is 208 Å². The largest absolute Gasteiger partial charge is 0.482 e. The molecule has 0 aliphatic carbocycles. The zero-order valence-corrected chi connectivity index (χ0v) is 20.3. The van der Waals surface area contributed by atoms with Crippen LogP contribution in [0.5, 0.6) is 5.75 Å². The van der Waals surface area contributed by atoms with Gasteiger partial charge in [0.15, 0.2) is 11.5 Å². The number of amides is 1. The van der Waals surface area contributed by atoms with Crippen molar-refractivity contribution in [1.82, 2.24) is 4.90 Å². The molecule has 6 heteroatoms. The molecule has 3 aromatic carbocycles. The normalized spacial score (nSPS) is 19.3. The van der Waals surface area contributed by atoms with Crippen molar-refractivity contribution in [3.63, 3.8) is 0 Å². The molecule has 4 aromatic rings. The van der Waals surface area contributed by atoms with Crippen LogP contribution < -0.4 is 4.74 Å². The van der Waals surface area contributed by atoms with Crippen molar-refractivity contribution in [2.24, 2.45) is 0 Å². The molecule has 2 aliphatic rings. The van der Waals surface area contributed by atoms with Crippen LogP contribution in [0.3, 0.4) is 0 Å². The summed E-state index contributed by atoms with van der Waals surface area (Å²) in [5, 5.41) is 1.29. The second kappa shape index (κ2) is 7.99. The van der Waals surface area contributed by atoms with Gasteiger partial charge in [-0.15, -0.1) is 0 Å². The first-order chi connectivity index (χ1) is 16.8. The Bertz CT molecular complexity index is 1500. The van der Waals surface area contributed by atoms with Crippen molar-refractivity contribution >= 4 is 34.3 Å². The number of halogens is 1. The van der Waals surface area contributed by atoms with Crippen LogP contribution in [0.1, 0.15) is 56.5 Å². The van der Waals surface area contributed by atoms with Crippen LogP contribution in [0.15, 0.2) is 65.1 Å². The Morgan fingerprint density at radius 1 is 1.03 bits per heavy atom. The van der Waals surface area contributed by atoms with Crippen LogP contribution in [0, 0.1) is 6.92 Å². The number of benzene rings is 3. The summed E-state index contributed by atoms with van der Waals surface area (Å²) in [6.07, 6.45) is 0.990. The highest BCUT2D eigenvalue weighted by molar-refractivity contribution is 6.30. The molecule has 1 atom stereocenters. The molecule has 5 nitrogen and oxygen atoms in total. The van der Waals surface area contributed by atoms with E-state index < -0.39 is 5.60 Å². The third kappa shape index (κ3) is 3.53. The average molecular weight is 486 g/mol. The van der Waals surface area contributed by atoms with Crippen LogP contribution in [0.25, 0.3) is 11.0 Å². The van der Waals surface area contributed by atoms with Crippen LogP contribution in [-0.2, 0) is 18.6 Å². The van der Waals surface area contributed by atoms with E-state index in [1.54, 1.807) is 24.3 Å². The zero-order valence-electron chi connectivity index (χ0n) is 19.6. The van der Waals surface area contributed by atoms with E-state index in [9.17, 15) is 9.59 Å². The molecule has 0 bridgehead atoms. The first-order valence-electron chi connectivity index (χ1n) is 11.7. The van der Waals surface area contributed by atoms with Crippen LogP contribution >= 0.6 is 11.6 Å². The number of hydrogen-bond donors (Lipinski definition) is 0. The minimum absolute atomic E-state index is 0.0379. The van der Waals surface area contributed by atoms with Crippen LogP contribution in [-0.4, -0.2) is 23.1 Å². The van der Waals surface area contributed by atoms with Crippen LogP contribution in [0.4, 0.5) is 0 Å². The molecule has 0 radical (unpaired) electrons. The maximum Gasteiger partial charge on any atom is 0.290 e. The van der Waals surface area contributed by atoms with Gasteiger partial charge in [-0.1, -0.05) is 48.0 Å². The van der Waals surface area contributed by atoms with E-state index in [0.29, 0.717) is 46.0 Å². The van der Waals surface area contributed by atoms with Gasteiger partial charge in [-0.05, 0) is 61.2 Å². The fourth-order valence-corrected chi connectivity index (χ4v) is 5.46. The highest BCUT2D eigenvalue weighted by Gasteiger charge is 2.40. The minimum atomic E-state index is -0.806. The van der Waals surface area contributed by atoms with Gasteiger partial charge in [0.25, 0.3) is 5.91 Å². The Morgan fingerprint density at radius 3 is 2.54 bits per heavy atom. The smallest absolute Gasteiger partial charge is 0.290 e. The summed E-state index contributed by atoms with van der Waals surface area (Å²) in [6.45, 7) is 4.93. The van der Waals surface area contributed by atoms with E-state index in [2.05, 4.69) is 12.1 Å². The van der Waals surface area contributed by atoms with Gasteiger partial charge in [0.05, 0.1) is 12.0 Å². The summed E-state index contributed by atoms with van der Waals surface area (Å²) in [7, 11) is 0. The summed E-state index contributed by atoms with van der Waals surface area (Å²) >= 11 is 6.05. The lowest BCUT2D eigenvalue weighted by molar-refractivity contribution is 0.0507. The van der Waals surface area contributed by atoms with Crippen LogP contribution in [0.2, 0.25) is 5.02 Å². The number of carbonyl (C=O) groups is 2. The Kier molecular flexibility index (Phi) is 5.01. The number of aryl methyl sites for hydroxylation is 1. The standard InChI is InChI=1S/C29H24ClNO4/c1-17-25-23(34-27(17)28(33)31-14-13-18-5-3-4-6-19(18)16-31)11-12-24-26(25)22(32)15-29(2,35-24)20-7-9-21(30)10-8-20/h3-12H,13-16H2,1-2H3. The van der Waals surface area contributed by atoms with Gasteiger partial charge in [0, 0.05) is 29.1 Å². The molecule has 1 amide bonds. The van der Waals surface area contributed by atoms with Gasteiger partial charge in [-0.3, -0.25) is 9.59 Å². The van der Waals surface area contributed by atoms with Gasteiger partial charge in [0.1, 0.15) is 16.9 Å². The third-order valence-corrected chi connectivity index (χ3v) is 7.49. The molecule has 1 aromatic heterocycles. The van der Waals surface area contributed by atoms with E-state index in [4.69, 9.17) is 20.8 Å². The minimum Gasteiger partial charge on any atom is -0.482 e. The summed E-state index contributed by atoms with van der Waals surface area (Å²) in [5.41, 5.74) is 4.19. The predicted octanol–water partition coefficient (Wildman–Crippen LogP) is 6.47. The maximum absolute atomic E-state index is 13.5. The molecule has 176 valence electrons. The molecule has 0 spiro atoms. The summed E-state index contributed by atoms with van der Waals surface area (Å²) < 4.78 is 12.5. The number of carbonyl (C=O) groups excluding carboxylic acids is 2. The highest BCUT2D eigenvalue weighted by atomic mass is 35.5. The van der Waals surface area contributed by atoms with Gasteiger partial charge in [-0.25, -0.2) is 0 Å². The molecular weight excluding hydrogens is 462 g/mol. The number of Topliss-reactive ketones (excluding diaryl/α,β-unsaturated/α-hetero) is 1. The van der Waals surface area contributed by atoms with Crippen molar-refractivity contribution < 1.29 is 18.7 Å². The van der Waals surface area contributed by atoms with Gasteiger partial charge in [-0.2, -0.15) is 0 Å². The van der Waals surface area contributed by atoms with Gasteiger partial charge < -0.3 is 14.1 Å². The molecule has 1 unspecified atom stereocenters. The van der Waals surface area contributed by atoms with Crippen molar-refractivity contribution in [2.75, 3.05) is 6.54 Å². The van der Waals surface area contributed by atoms with Crippen molar-refractivity contribution in [1.29, 1.82) is 0 Å². The Hall–Kier alpha value is -3.57. The van der Waals surface area contributed by atoms with E-state index >= 15 is 0 Å². The highest BCUT2D eigenvalue weighted by Crippen LogP contribution is 2.44. The molecular formula is C29H24ClNO4. The lowest BCUT2D eigenvalue weighted by Gasteiger charge is -2.35. The fraction of sp³-hybridized carbons (Fsp3) is 0.241. The number of ether oxygens (including phenoxy) is 1. The summed E-state index contributed by atoms with van der Waals surface area (Å²) in [4.78, 5) is 28.8. The second-order valence-electron chi connectivity index (χ2n) is 9.55. The lowest BCUT2D eigenvalue weighted by atomic mass is 9.84. The van der Waals surface area contributed by atoms with Gasteiger partial charge >= 0.3 is 0 Å². The van der Waals surface area contributed by atoms with E-state index in [0.717, 1.165) is 17.5 Å². The number of nitrogens with zero attached hydrogens (tertiary/aromatic N) is 1. The lowest BCUT2D eigenvalue weighted by Crippen LogP contribution is -2.36. The molecule has 0 N–H and O–H groups in total. The monoisotopic (exact) mass is 485 g/mol. The van der Waals surface area contributed by atoms with Crippen molar-refractivity contribution in [2.45, 2.75) is 38.8 Å². The summed E-state index contributed by atoms with van der Waals surface area (Å²) in [5.74, 6) is 0.592. The number of fused-ring (bicyclic) bond motifs is 4. The molecule has 0 saturated heterocycles. The number of rotatable bonds is 2. The zero-order chi connectivity index (χ0) is 24.3. The number of ketones is 1. The topological polar surface area (TPSA) is 59.8 Å². The molecule has 35 heavy (non-hydrogen) atoms. The SMILES string of the molecule is Cc1c(C(=O)N2CCc3ccccc3C2)oc2ccc3c(c12)C(=O)CC(C)(c1ccc(Cl)cc1)O3. The molecule has 0 fully saturated rings. The van der Waals surface area contributed by atoms with E-state index in [1.165, 1.54) is 5.56 Å². The maximum atomic E-state index is 13.5. The number of hydrogen-bond acceptors (Lipinski definition) is 4. The number of furan rings is 1. The molecule has 6 rings (SSSR count). The molecule has 2 aliphatic heterocycles. The quantitative estimate of drug-likeness (QED) is 0.326. The Balaban J connectivity index is 1.37. The first-order valence-corrected chi connectivity index (χ1v) is 12.1. The summed E-state index contributed by atoms with van der Waals surface area (Å²) in [6, 6.07) is 19.1. The second-order valence-corrected chi connectivity index (χ2v) is 9.99. The first kappa shape index (κ1) is 21.9. The van der Waals surface area contributed by atoms with Crippen molar-refractivity contribution in [3.05, 3.63) is 99.3 Å². The average Bonchev–Trinajstić information content (AvgIpc) is 3.19. The fourth-order valence-electron chi connectivity index (χ4n) is 5.34. The molecule has 0 saturated carbocycles. The van der Waals surface area contributed by atoms with Crippen molar-refractivity contribution in [3.8, 4) is 5.75 Å². The van der Waals surface area contributed by atoms with Gasteiger partial charge in [0.2, 0.25) is 0 Å². The van der Waals surface area contributed by atoms with E-state index in [-0.39, 0.29) is 23.9 Å². The van der Waals surface area contributed by atoms with E-state index in [1.807, 2.05) is 43.0 Å². The predicted molar refractivity (Wildman–Crippen MR) is 134 cm³/mol. The third-order valence-electron chi connectivity index (χ3n) is 7.24. The Morgan fingerprint density at radius 2 is 1.77 bits per heavy atom.